The topological polar surface area (TPSA) is 43.4 Å². The van der Waals surface area contributed by atoms with Gasteiger partial charge in [-0.15, -0.1) is 0 Å². The molecular weight excluding hydrogens is 316 g/mol. The smallest absolute Gasteiger partial charge is 0.232 e. The number of hydrogen-bond donors (Lipinski definition) is 0. The molecule has 1 aromatic carbocycles. The maximum absolute atomic E-state index is 10.8. The van der Waals surface area contributed by atoms with Gasteiger partial charge in [0.2, 0.25) is 9.05 Å². The van der Waals surface area contributed by atoms with Crippen LogP contribution in [-0.2, 0) is 9.05 Å². The predicted molar refractivity (Wildman–Crippen MR) is 68.4 cm³/mol. The summed E-state index contributed by atoms with van der Waals surface area (Å²) in [6.07, 6.45) is 0. The van der Waals surface area contributed by atoms with Crippen molar-refractivity contribution in [3.63, 3.8) is 0 Å². The van der Waals surface area contributed by atoms with Gasteiger partial charge in [-0.3, -0.25) is 0 Å². The molecule has 90 valence electrons. The molecule has 0 aromatic heterocycles. The molecule has 0 spiro atoms. The van der Waals surface area contributed by atoms with Crippen LogP contribution in [0.5, 0.6) is 5.75 Å². The summed E-state index contributed by atoms with van der Waals surface area (Å²) in [4.78, 5) is 0. The summed E-state index contributed by atoms with van der Waals surface area (Å²) < 4.78 is 28.0. The molecule has 0 bridgehead atoms. The first kappa shape index (κ1) is 13.8. The number of rotatable bonds is 5. The summed E-state index contributed by atoms with van der Waals surface area (Å²) in [5.41, 5.74) is 0. The maximum Gasteiger partial charge on any atom is 0.232 e. The van der Waals surface area contributed by atoms with Crippen LogP contribution >= 0.6 is 26.6 Å². The molecule has 0 fully saturated rings. The third-order valence-corrected chi connectivity index (χ3v) is 3.84. The fraction of sp³-hybridized carbons (Fsp3) is 0.400. The minimum Gasteiger partial charge on any atom is -0.492 e. The first-order valence-corrected chi connectivity index (χ1v) is 7.95. The molecule has 0 saturated heterocycles. The Hall–Kier alpha value is -0.260. The van der Waals surface area contributed by atoms with Crippen LogP contribution < -0.4 is 4.74 Å². The minimum absolute atomic E-state index is 0.0843. The van der Waals surface area contributed by atoms with E-state index < -0.39 is 9.05 Å². The van der Waals surface area contributed by atoms with Gasteiger partial charge in [0.1, 0.15) is 5.75 Å². The summed E-state index contributed by atoms with van der Waals surface area (Å²) in [6, 6.07) is 7.40. The molecule has 1 unspecified atom stereocenters. The van der Waals surface area contributed by atoms with Crippen molar-refractivity contribution in [3.8, 4) is 5.75 Å². The van der Waals surface area contributed by atoms with Gasteiger partial charge in [-0.2, -0.15) is 0 Å². The van der Waals surface area contributed by atoms with E-state index in [4.69, 9.17) is 15.4 Å². The highest BCUT2D eigenvalue weighted by molar-refractivity contribution is 9.10. The Morgan fingerprint density at radius 1 is 1.44 bits per heavy atom. The quantitative estimate of drug-likeness (QED) is 0.781. The summed E-state index contributed by atoms with van der Waals surface area (Å²) in [6.45, 7) is 2.09. The first-order chi connectivity index (χ1) is 7.38. The zero-order valence-corrected chi connectivity index (χ0v) is 11.8. The van der Waals surface area contributed by atoms with E-state index in [9.17, 15) is 8.42 Å². The lowest BCUT2D eigenvalue weighted by atomic mass is 10.2. The molecule has 0 heterocycles. The van der Waals surface area contributed by atoms with Crippen molar-refractivity contribution >= 4 is 35.7 Å². The number of halogens is 2. The SMILES string of the molecule is CC(COc1ccccc1Br)CS(=O)(=O)Cl. The van der Waals surface area contributed by atoms with Crippen LogP contribution in [0.2, 0.25) is 0 Å². The van der Waals surface area contributed by atoms with Gasteiger partial charge in [0.15, 0.2) is 0 Å². The molecule has 0 aliphatic carbocycles. The van der Waals surface area contributed by atoms with Gasteiger partial charge in [-0.25, -0.2) is 8.42 Å². The van der Waals surface area contributed by atoms with Gasteiger partial charge in [-0.1, -0.05) is 19.1 Å². The zero-order chi connectivity index (χ0) is 12.2. The molecule has 16 heavy (non-hydrogen) atoms. The van der Waals surface area contributed by atoms with Crippen molar-refractivity contribution in [2.75, 3.05) is 12.4 Å². The summed E-state index contributed by atoms with van der Waals surface area (Å²) >= 11 is 3.34. The van der Waals surface area contributed by atoms with E-state index >= 15 is 0 Å². The van der Waals surface area contributed by atoms with Gasteiger partial charge in [0, 0.05) is 16.6 Å². The largest absolute Gasteiger partial charge is 0.492 e. The van der Waals surface area contributed by atoms with Crippen LogP contribution in [0.1, 0.15) is 6.92 Å². The Morgan fingerprint density at radius 2 is 2.06 bits per heavy atom. The standard InChI is InChI=1S/C10H12BrClO3S/c1-8(7-16(12,13)14)6-15-10-5-3-2-4-9(10)11/h2-5,8H,6-7H2,1H3. The molecule has 3 nitrogen and oxygen atoms in total. The molecule has 0 amide bonds. The molecule has 0 N–H and O–H groups in total. The predicted octanol–water partition coefficient (Wildman–Crippen LogP) is 3.03. The number of para-hydroxylation sites is 1. The van der Waals surface area contributed by atoms with E-state index in [2.05, 4.69) is 15.9 Å². The van der Waals surface area contributed by atoms with E-state index in [-0.39, 0.29) is 11.7 Å². The molecular formula is C10H12BrClO3S. The van der Waals surface area contributed by atoms with E-state index in [1.54, 1.807) is 6.92 Å². The van der Waals surface area contributed by atoms with Crippen LogP contribution in [0.15, 0.2) is 28.7 Å². The van der Waals surface area contributed by atoms with Gasteiger partial charge >= 0.3 is 0 Å². The number of benzene rings is 1. The average molecular weight is 328 g/mol. The molecule has 0 aliphatic rings. The molecule has 1 atom stereocenters. The van der Waals surface area contributed by atoms with Crippen molar-refractivity contribution in [3.05, 3.63) is 28.7 Å². The van der Waals surface area contributed by atoms with Crippen LogP contribution in [0.3, 0.4) is 0 Å². The summed E-state index contributed by atoms with van der Waals surface area (Å²) in [5.74, 6) is 0.467. The molecule has 0 aliphatic heterocycles. The lowest BCUT2D eigenvalue weighted by molar-refractivity contribution is 0.270. The molecule has 0 saturated carbocycles. The normalized spacial score (nSPS) is 13.4. The third kappa shape index (κ3) is 5.18. The van der Waals surface area contributed by atoms with Gasteiger partial charge < -0.3 is 4.74 Å². The molecule has 1 aromatic rings. The van der Waals surface area contributed by atoms with E-state index in [1.807, 2.05) is 24.3 Å². The van der Waals surface area contributed by atoms with Crippen LogP contribution in [0, 0.1) is 5.92 Å². The third-order valence-electron chi connectivity index (χ3n) is 1.84. The summed E-state index contributed by atoms with van der Waals surface area (Å²) in [5, 5.41) is 0. The highest BCUT2D eigenvalue weighted by atomic mass is 79.9. The van der Waals surface area contributed by atoms with Gasteiger partial charge in [0.05, 0.1) is 16.8 Å². The Bertz CT molecular complexity index is 447. The van der Waals surface area contributed by atoms with Gasteiger partial charge in [0.25, 0.3) is 0 Å². The zero-order valence-electron chi connectivity index (χ0n) is 8.69. The van der Waals surface area contributed by atoms with Crippen LogP contribution in [0.4, 0.5) is 0 Å². The molecule has 1 rings (SSSR count). The fourth-order valence-electron chi connectivity index (χ4n) is 1.18. The minimum atomic E-state index is -3.46. The van der Waals surface area contributed by atoms with Crippen LogP contribution in [0.25, 0.3) is 0 Å². The Kier molecular flexibility index (Phi) is 5.08. The maximum atomic E-state index is 10.8. The lowest BCUT2D eigenvalue weighted by Gasteiger charge is -2.12. The lowest BCUT2D eigenvalue weighted by Crippen LogP contribution is -2.16. The highest BCUT2D eigenvalue weighted by Gasteiger charge is 2.13. The average Bonchev–Trinajstić information content (AvgIpc) is 2.14. The molecule has 0 radical (unpaired) electrons. The van der Waals surface area contributed by atoms with E-state index in [0.29, 0.717) is 12.4 Å². The first-order valence-electron chi connectivity index (χ1n) is 4.68. The van der Waals surface area contributed by atoms with Crippen molar-refractivity contribution in [2.24, 2.45) is 5.92 Å². The second kappa shape index (κ2) is 5.89. The van der Waals surface area contributed by atoms with Gasteiger partial charge in [-0.05, 0) is 28.1 Å². The van der Waals surface area contributed by atoms with E-state index in [1.165, 1.54) is 0 Å². The monoisotopic (exact) mass is 326 g/mol. The Morgan fingerprint density at radius 3 is 2.62 bits per heavy atom. The van der Waals surface area contributed by atoms with Crippen LogP contribution in [-0.4, -0.2) is 20.8 Å². The number of ether oxygens (including phenoxy) is 1. The second-order valence-electron chi connectivity index (χ2n) is 3.55. The fourth-order valence-corrected chi connectivity index (χ4v) is 3.00. The van der Waals surface area contributed by atoms with Crippen molar-refractivity contribution < 1.29 is 13.2 Å². The highest BCUT2D eigenvalue weighted by Crippen LogP contribution is 2.24. The number of hydrogen-bond acceptors (Lipinski definition) is 3. The van der Waals surface area contributed by atoms with E-state index in [0.717, 1.165) is 4.47 Å². The Labute approximate surface area is 108 Å². The van der Waals surface area contributed by atoms with Crippen molar-refractivity contribution in [1.82, 2.24) is 0 Å². The summed E-state index contributed by atoms with van der Waals surface area (Å²) in [7, 11) is 1.69. The van der Waals surface area contributed by atoms with Crippen molar-refractivity contribution in [1.29, 1.82) is 0 Å². The second-order valence-corrected chi connectivity index (χ2v) is 7.23. The molecule has 6 heteroatoms. The Balaban J connectivity index is 2.49. The van der Waals surface area contributed by atoms with Crippen molar-refractivity contribution in [2.45, 2.75) is 6.92 Å².